The van der Waals surface area contributed by atoms with E-state index in [1.54, 1.807) is 0 Å². The van der Waals surface area contributed by atoms with Crippen molar-refractivity contribution >= 4 is 0 Å². The Morgan fingerprint density at radius 2 is 1.50 bits per heavy atom. The molecule has 0 bridgehead atoms. The molecule has 0 spiro atoms. The molecule has 1 fully saturated rings. The molecule has 1 nitrogen and oxygen atoms in total. The molecule has 0 aliphatic carbocycles. The second kappa shape index (κ2) is 7.10. The molecular weight excluding hydrogens is 191 g/mol. The Labute approximate surface area is 84.3 Å². The van der Waals surface area contributed by atoms with Crippen LogP contribution in [0.2, 0.25) is 0 Å². The van der Waals surface area contributed by atoms with Gasteiger partial charge in [-0.3, -0.25) is 0 Å². The average molecular weight is 211 g/mol. The van der Waals surface area contributed by atoms with Crippen LogP contribution in [0, 0.1) is 0 Å². The first-order valence-corrected chi connectivity index (χ1v) is 5.37. The van der Waals surface area contributed by atoms with E-state index in [4.69, 9.17) is 0 Å². The van der Waals surface area contributed by atoms with E-state index in [2.05, 4.69) is 0 Å². The largest absolute Gasteiger partial charge is 0.390 e. The standard InChI is InChI=1S/C8H14F3N.C2H6/c9-8(10,11)4-7-12-5-2-1-3-6-12;1-2/h1-7H2;1-2H3. The van der Waals surface area contributed by atoms with Crippen LogP contribution in [-0.2, 0) is 0 Å². The molecule has 0 atom stereocenters. The van der Waals surface area contributed by atoms with E-state index < -0.39 is 12.6 Å². The average Bonchev–Trinajstić information content (AvgIpc) is 2.19. The van der Waals surface area contributed by atoms with Gasteiger partial charge in [-0.25, -0.2) is 0 Å². The maximum absolute atomic E-state index is 11.8. The maximum Gasteiger partial charge on any atom is 0.390 e. The molecule has 0 unspecified atom stereocenters. The van der Waals surface area contributed by atoms with E-state index in [1.807, 2.05) is 18.7 Å². The SMILES string of the molecule is CC.FC(F)(F)CCN1CCCCC1. The van der Waals surface area contributed by atoms with Crippen molar-refractivity contribution in [2.24, 2.45) is 0 Å². The third-order valence-corrected chi connectivity index (χ3v) is 2.16. The lowest BCUT2D eigenvalue weighted by Gasteiger charge is -2.26. The number of rotatable bonds is 2. The van der Waals surface area contributed by atoms with Gasteiger partial charge in [0.2, 0.25) is 0 Å². The van der Waals surface area contributed by atoms with Crippen LogP contribution in [0.5, 0.6) is 0 Å². The van der Waals surface area contributed by atoms with Crippen molar-refractivity contribution < 1.29 is 13.2 Å². The number of hydrogen-bond acceptors (Lipinski definition) is 1. The first-order valence-electron chi connectivity index (χ1n) is 5.37. The van der Waals surface area contributed by atoms with Gasteiger partial charge in [-0.05, 0) is 25.9 Å². The monoisotopic (exact) mass is 211 g/mol. The van der Waals surface area contributed by atoms with Gasteiger partial charge < -0.3 is 4.90 Å². The molecule has 4 heteroatoms. The molecule has 0 N–H and O–H groups in total. The number of piperidine rings is 1. The highest BCUT2D eigenvalue weighted by Crippen LogP contribution is 2.20. The second-order valence-corrected chi connectivity index (χ2v) is 3.27. The summed E-state index contributed by atoms with van der Waals surface area (Å²) in [6, 6.07) is 0. The third-order valence-electron chi connectivity index (χ3n) is 2.16. The molecule has 1 saturated heterocycles. The molecule has 0 amide bonds. The lowest BCUT2D eigenvalue weighted by Crippen LogP contribution is -2.32. The minimum absolute atomic E-state index is 0.184. The summed E-state index contributed by atoms with van der Waals surface area (Å²) in [6.07, 6.45) is -1.37. The summed E-state index contributed by atoms with van der Waals surface area (Å²) in [5.41, 5.74) is 0. The molecule has 0 aromatic rings. The highest BCUT2D eigenvalue weighted by Gasteiger charge is 2.27. The van der Waals surface area contributed by atoms with Crippen molar-refractivity contribution in [3.05, 3.63) is 0 Å². The zero-order chi connectivity index (χ0) is 11.0. The Morgan fingerprint density at radius 3 is 1.93 bits per heavy atom. The minimum atomic E-state index is -3.99. The van der Waals surface area contributed by atoms with Gasteiger partial charge in [0.05, 0.1) is 6.42 Å². The quantitative estimate of drug-likeness (QED) is 0.676. The summed E-state index contributed by atoms with van der Waals surface area (Å²) < 4.78 is 35.4. The molecule has 0 aromatic carbocycles. The maximum atomic E-state index is 11.8. The minimum Gasteiger partial charge on any atom is -0.303 e. The Balaban J connectivity index is 0.000000791. The van der Waals surface area contributed by atoms with Crippen LogP contribution in [0.25, 0.3) is 0 Å². The van der Waals surface area contributed by atoms with Crippen LogP contribution in [-0.4, -0.2) is 30.7 Å². The van der Waals surface area contributed by atoms with Crippen LogP contribution in [0.3, 0.4) is 0 Å². The number of likely N-dealkylation sites (tertiary alicyclic amines) is 1. The van der Waals surface area contributed by atoms with Gasteiger partial charge in [0.1, 0.15) is 0 Å². The predicted octanol–water partition coefficient (Wildman–Crippen LogP) is 3.45. The summed E-state index contributed by atoms with van der Waals surface area (Å²) in [5, 5.41) is 0. The van der Waals surface area contributed by atoms with Crippen LogP contribution in [0.1, 0.15) is 39.5 Å². The molecule has 0 radical (unpaired) electrons. The van der Waals surface area contributed by atoms with E-state index in [0.717, 1.165) is 25.9 Å². The first-order chi connectivity index (χ1) is 6.58. The fourth-order valence-electron chi connectivity index (χ4n) is 1.47. The van der Waals surface area contributed by atoms with E-state index >= 15 is 0 Å². The Morgan fingerprint density at radius 1 is 1.00 bits per heavy atom. The number of alkyl halides is 3. The van der Waals surface area contributed by atoms with Gasteiger partial charge in [-0.2, -0.15) is 13.2 Å². The van der Waals surface area contributed by atoms with Gasteiger partial charge >= 0.3 is 6.18 Å². The Hall–Kier alpha value is -0.250. The fraction of sp³-hybridized carbons (Fsp3) is 1.00. The van der Waals surface area contributed by atoms with E-state index in [1.165, 1.54) is 6.42 Å². The molecule has 1 rings (SSSR count). The van der Waals surface area contributed by atoms with Crippen LogP contribution in [0.4, 0.5) is 13.2 Å². The lowest BCUT2D eigenvalue weighted by molar-refractivity contribution is -0.138. The van der Waals surface area contributed by atoms with Gasteiger partial charge in [0.15, 0.2) is 0 Å². The zero-order valence-electron chi connectivity index (χ0n) is 9.03. The highest BCUT2D eigenvalue weighted by molar-refractivity contribution is 4.65. The second-order valence-electron chi connectivity index (χ2n) is 3.27. The summed E-state index contributed by atoms with van der Waals surface area (Å²) in [6.45, 7) is 5.87. The molecule has 0 aromatic heterocycles. The van der Waals surface area contributed by atoms with Crippen LogP contribution in [0.15, 0.2) is 0 Å². The molecular formula is C10H20F3N. The van der Waals surface area contributed by atoms with Crippen molar-refractivity contribution in [1.82, 2.24) is 4.90 Å². The summed E-state index contributed by atoms with van der Waals surface area (Å²) in [7, 11) is 0. The zero-order valence-corrected chi connectivity index (χ0v) is 9.03. The van der Waals surface area contributed by atoms with Gasteiger partial charge in [-0.1, -0.05) is 20.3 Å². The number of hydrogen-bond donors (Lipinski definition) is 0. The number of nitrogens with zero attached hydrogens (tertiary/aromatic N) is 1. The van der Waals surface area contributed by atoms with Crippen molar-refractivity contribution in [2.45, 2.75) is 45.7 Å². The van der Waals surface area contributed by atoms with Gasteiger partial charge in [-0.15, -0.1) is 0 Å². The first kappa shape index (κ1) is 13.8. The predicted molar refractivity (Wildman–Crippen MR) is 52.3 cm³/mol. The van der Waals surface area contributed by atoms with Crippen molar-refractivity contribution in [3.63, 3.8) is 0 Å². The fourth-order valence-corrected chi connectivity index (χ4v) is 1.47. The highest BCUT2D eigenvalue weighted by atomic mass is 19.4. The molecule has 86 valence electrons. The molecule has 1 aliphatic heterocycles. The summed E-state index contributed by atoms with van der Waals surface area (Å²) in [4.78, 5) is 1.90. The van der Waals surface area contributed by atoms with Gasteiger partial charge in [0.25, 0.3) is 0 Å². The Kier molecular flexibility index (Phi) is 6.97. The van der Waals surface area contributed by atoms with Crippen LogP contribution < -0.4 is 0 Å². The number of halogens is 3. The topological polar surface area (TPSA) is 3.24 Å². The molecule has 1 heterocycles. The van der Waals surface area contributed by atoms with E-state index in [0.29, 0.717) is 0 Å². The molecule has 14 heavy (non-hydrogen) atoms. The molecule has 0 saturated carbocycles. The summed E-state index contributed by atoms with van der Waals surface area (Å²) in [5.74, 6) is 0. The smallest absolute Gasteiger partial charge is 0.303 e. The van der Waals surface area contributed by atoms with Crippen molar-refractivity contribution in [1.29, 1.82) is 0 Å². The lowest BCUT2D eigenvalue weighted by atomic mass is 10.1. The molecule has 1 aliphatic rings. The Bertz CT molecular complexity index is 128. The normalized spacial score (nSPS) is 18.6. The third kappa shape index (κ3) is 7.18. The van der Waals surface area contributed by atoms with E-state index in [-0.39, 0.29) is 6.54 Å². The van der Waals surface area contributed by atoms with Crippen LogP contribution >= 0.6 is 0 Å². The summed E-state index contributed by atoms with van der Waals surface area (Å²) >= 11 is 0. The van der Waals surface area contributed by atoms with Gasteiger partial charge in [0, 0.05) is 6.54 Å². The van der Waals surface area contributed by atoms with E-state index in [9.17, 15) is 13.2 Å². The van der Waals surface area contributed by atoms with Crippen molar-refractivity contribution in [3.8, 4) is 0 Å². The van der Waals surface area contributed by atoms with Crippen molar-refractivity contribution in [2.75, 3.05) is 19.6 Å².